The van der Waals surface area contributed by atoms with Gasteiger partial charge in [0.05, 0.1) is 11.3 Å². The first-order valence-electron chi connectivity index (χ1n) is 7.34. The SMILES string of the molecule is CC1CCN(C(=O)CSc2ncnc3ccccc23)CC1. The Morgan fingerprint density at radius 1 is 1.29 bits per heavy atom. The summed E-state index contributed by atoms with van der Waals surface area (Å²) in [6.45, 7) is 4.04. The Morgan fingerprint density at radius 2 is 2.05 bits per heavy atom. The molecule has 1 amide bonds. The Kier molecular flexibility index (Phi) is 4.39. The molecule has 1 aliphatic rings. The van der Waals surface area contributed by atoms with Crippen LogP contribution >= 0.6 is 11.8 Å². The zero-order valence-electron chi connectivity index (χ0n) is 12.2. The molecule has 110 valence electrons. The maximum absolute atomic E-state index is 12.3. The van der Waals surface area contributed by atoms with Crippen molar-refractivity contribution >= 4 is 28.6 Å². The summed E-state index contributed by atoms with van der Waals surface area (Å²) in [5.74, 6) is 1.41. The molecule has 0 aliphatic carbocycles. The Balaban J connectivity index is 1.65. The molecule has 0 atom stereocenters. The summed E-state index contributed by atoms with van der Waals surface area (Å²) in [5, 5.41) is 1.91. The quantitative estimate of drug-likeness (QED) is 0.646. The zero-order valence-corrected chi connectivity index (χ0v) is 13.0. The van der Waals surface area contributed by atoms with Gasteiger partial charge < -0.3 is 4.90 Å². The van der Waals surface area contributed by atoms with Gasteiger partial charge in [0.25, 0.3) is 0 Å². The normalized spacial score (nSPS) is 16.3. The first-order chi connectivity index (χ1) is 10.2. The van der Waals surface area contributed by atoms with Gasteiger partial charge in [0.1, 0.15) is 11.4 Å². The molecule has 1 aliphatic heterocycles. The monoisotopic (exact) mass is 301 g/mol. The topological polar surface area (TPSA) is 46.1 Å². The van der Waals surface area contributed by atoms with Crippen molar-refractivity contribution in [2.75, 3.05) is 18.8 Å². The molecule has 0 N–H and O–H groups in total. The predicted octanol–water partition coefficient (Wildman–Crippen LogP) is 2.98. The van der Waals surface area contributed by atoms with Crippen LogP contribution in [0.3, 0.4) is 0 Å². The Labute approximate surface area is 129 Å². The van der Waals surface area contributed by atoms with E-state index in [0.717, 1.165) is 47.8 Å². The fraction of sp³-hybridized carbons (Fsp3) is 0.438. The van der Waals surface area contributed by atoms with E-state index in [1.54, 1.807) is 6.33 Å². The molecule has 1 aromatic carbocycles. The van der Waals surface area contributed by atoms with Crippen LogP contribution in [0.4, 0.5) is 0 Å². The highest BCUT2D eigenvalue weighted by Gasteiger charge is 2.20. The summed E-state index contributed by atoms with van der Waals surface area (Å²) < 4.78 is 0. The van der Waals surface area contributed by atoms with E-state index in [1.165, 1.54) is 11.8 Å². The number of aromatic nitrogens is 2. The van der Waals surface area contributed by atoms with E-state index in [-0.39, 0.29) is 5.91 Å². The lowest BCUT2D eigenvalue weighted by Crippen LogP contribution is -2.38. The second-order valence-electron chi connectivity index (χ2n) is 5.55. The number of likely N-dealkylation sites (tertiary alicyclic amines) is 1. The van der Waals surface area contributed by atoms with Gasteiger partial charge in [-0.3, -0.25) is 4.79 Å². The van der Waals surface area contributed by atoms with E-state index in [4.69, 9.17) is 0 Å². The van der Waals surface area contributed by atoms with Crippen LogP contribution in [0.1, 0.15) is 19.8 Å². The van der Waals surface area contributed by atoms with Crippen molar-refractivity contribution in [1.82, 2.24) is 14.9 Å². The summed E-state index contributed by atoms with van der Waals surface area (Å²) in [6.07, 6.45) is 3.80. The summed E-state index contributed by atoms with van der Waals surface area (Å²) in [5.41, 5.74) is 0.925. The molecule has 4 nitrogen and oxygen atoms in total. The number of fused-ring (bicyclic) bond motifs is 1. The van der Waals surface area contributed by atoms with Crippen LogP contribution in [0.5, 0.6) is 0 Å². The van der Waals surface area contributed by atoms with Crippen molar-refractivity contribution in [1.29, 1.82) is 0 Å². The van der Waals surface area contributed by atoms with Gasteiger partial charge in [-0.25, -0.2) is 9.97 Å². The minimum Gasteiger partial charge on any atom is -0.342 e. The van der Waals surface area contributed by atoms with Crippen molar-refractivity contribution in [3.63, 3.8) is 0 Å². The molecule has 21 heavy (non-hydrogen) atoms. The third-order valence-corrected chi connectivity index (χ3v) is 4.97. The minimum absolute atomic E-state index is 0.217. The van der Waals surface area contributed by atoms with Crippen molar-refractivity contribution < 1.29 is 4.79 Å². The number of carbonyl (C=O) groups excluding carboxylic acids is 1. The molecule has 0 radical (unpaired) electrons. The molecule has 3 rings (SSSR count). The number of para-hydroxylation sites is 1. The van der Waals surface area contributed by atoms with Crippen molar-refractivity contribution in [3.05, 3.63) is 30.6 Å². The first-order valence-corrected chi connectivity index (χ1v) is 8.33. The van der Waals surface area contributed by atoms with Crippen LogP contribution < -0.4 is 0 Å². The standard InChI is InChI=1S/C16H19N3OS/c1-12-6-8-19(9-7-12)15(20)10-21-16-13-4-2-3-5-14(13)17-11-18-16/h2-5,11-12H,6-10H2,1H3. The molecule has 0 spiro atoms. The molecular weight excluding hydrogens is 282 g/mol. The van der Waals surface area contributed by atoms with Crippen LogP contribution in [0, 0.1) is 5.92 Å². The first kappa shape index (κ1) is 14.3. The Bertz CT molecular complexity index is 633. The minimum atomic E-state index is 0.217. The van der Waals surface area contributed by atoms with Crippen molar-refractivity contribution in [3.8, 4) is 0 Å². The van der Waals surface area contributed by atoms with Crippen LogP contribution in [0.15, 0.2) is 35.6 Å². The van der Waals surface area contributed by atoms with E-state index >= 15 is 0 Å². The summed E-state index contributed by atoms with van der Waals surface area (Å²) in [7, 11) is 0. The largest absolute Gasteiger partial charge is 0.342 e. The predicted molar refractivity (Wildman–Crippen MR) is 85.2 cm³/mol. The lowest BCUT2D eigenvalue weighted by molar-refractivity contribution is -0.129. The third kappa shape index (κ3) is 3.35. The average Bonchev–Trinajstić information content (AvgIpc) is 2.53. The summed E-state index contributed by atoms with van der Waals surface area (Å²) in [4.78, 5) is 22.8. The van der Waals surface area contributed by atoms with Crippen molar-refractivity contribution in [2.45, 2.75) is 24.8 Å². The molecular formula is C16H19N3OS. The van der Waals surface area contributed by atoms with E-state index < -0.39 is 0 Å². The fourth-order valence-corrected chi connectivity index (χ4v) is 3.47. The molecule has 1 saturated heterocycles. The van der Waals surface area contributed by atoms with E-state index in [9.17, 15) is 4.79 Å². The maximum atomic E-state index is 12.3. The number of nitrogens with zero attached hydrogens (tertiary/aromatic N) is 3. The second kappa shape index (κ2) is 6.43. The van der Waals surface area contributed by atoms with Gasteiger partial charge in [-0.1, -0.05) is 36.9 Å². The smallest absolute Gasteiger partial charge is 0.232 e. The van der Waals surface area contributed by atoms with Crippen LogP contribution in [0.25, 0.3) is 10.9 Å². The van der Waals surface area contributed by atoms with Gasteiger partial charge in [0, 0.05) is 18.5 Å². The molecule has 2 heterocycles. The molecule has 0 saturated carbocycles. The third-order valence-electron chi connectivity index (χ3n) is 3.97. The lowest BCUT2D eigenvalue weighted by atomic mass is 9.99. The van der Waals surface area contributed by atoms with Gasteiger partial charge in [-0.2, -0.15) is 0 Å². The number of thioether (sulfide) groups is 1. The number of hydrogen-bond acceptors (Lipinski definition) is 4. The van der Waals surface area contributed by atoms with Gasteiger partial charge in [-0.15, -0.1) is 0 Å². The number of benzene rings is 1. The van der Waals surface area contributed by atoms with E-state index in [0.29, 0.717) is 5.75 Å². The average molecular weight is 301 g/mol. The second-order valence-corrected chi connectivity index (χ2v) is 6.51. The molecule has 1 aromatic heterocycles. The van der Waals surface area contributed by atoms with Gasteiger partial charge >= 0.3 is 0 Å². The zero-order chi connectivity index (χ0) is 14.7. The number of carbonyl (C=O) groups is 1. The number of amides is 1. The van der Waals surface area contributed by atoms with Crippen molar-refractivity contribution in [2.24, 2.45) is 5.92 Å². The van der Waals surface area contributed by atoms with Gasteiger partial charge in [-0.05, 0) is 24.8 Å². The summed E-state index contributed by atoms with van der Waals surface area (Å²) in [6, 6.07) is 7.91. The molecule has 1 fully saturated rings. The van der Waals surface area contributed by atoms with Gasteiger partial charge in [0.15, 0.2) is 0 Å². The highest BCUT2D eigenvalue weighted by molar-refractivity contribution is 8.00. The Morgan fingerprint density at radius 3 is 2.86 bits per heavy atom. The van der Waals surface area contributed by atoms with Crippen LogP contribution in [-0.2, 0) is 4.79 Å². The molecule has 0 bridgehead atoms. The summed E-state index contributed by atoms with van der Waals surface area (Å²) >= 11 is 1.51. The van der Waals surface area contributed by atoms with E-state index in [2.05, 4.69) is 16.9 Å². The van der Waals surface area contributed by atoms with Crippen LogP contribution in [-0.4, -0.2) is 39.6 Å². The lowest BCUT2D eigenvalue weighted by Gasteiger charge is -2.30. The van der Waals surface area contributed by atoms with E-state index in [1.807, 2.05) is 29.2 Å². The maximum Gasteiger partial charge on any atom is 0.232 e. The highest BCUT2D eigenvalue weighted by atomic mass is 32.2. The number of piperidine rings is 1. The van der Waals surface area contributed by atoms with Gasteiger partial charge in [0.2, 0.25) is 5.91 Å². The molecule has 2 aromatic rings. The van der Waals surface area contributed by atoms with Crippen LogP contribution in [0.2, 0.25) is 0 Å². The highest BCUT2D eigenvalue weighted by Crippen LogP contribution is 2.25. The number of rotatable bonds is 3. The molecule has 0 unspecified atom stereocenters. The molecule has 5 heteroatoms. The fourth-order valence-electron chi connectivity index (χ4n) is 2.57. The Hall–Kier alpha value is -1.62. The number of hydrogen-bond donors (Lipinski definition) is 0.